The number of alkyl halides is 1. The Hall–Kier alpha value is -0.950. The lowest BCUT2D eigenvalue weighted by Crippen LogP contribution is -2.22. The third-order valence-corrected chi connectivity index (χ3v) is 2.54. The van der Waals surface area contributed by atoms with Crippen molar-refractivity contribution in [2.75, 3.05) is 23.9 Å². The molecule has 0 spiro atoms. The van der Waals surface area contributed by atoms with Crippen molar-refractivity contribution in [3.8, 4) is 0 Å². The predicted octanol–water partition coefficient (Wildman–Crippen LogP) is 3.62. The van der Waals surface area contributed by atoms with Crippen LogP contribution in [0.25, 0.3) is 0 Å². The highest BCUT2D eigenvalue weighted by molar-refractivity contribution is 6.18. The van der Waals surface area contributed by atoms with Crippen molar-refractivity contribution in [2.24, 2.45) is 0 Å². The lowest BCUT2D eigenvalue weighted by atomic mass is 10.2. The number of benzene rings is 1. The summed E-state index contributed by atoms with van der Waals surface area (Å²) < 4.78 is 0. The summed E-state index contributed by atoms with van der Waals surface area (Å²) in [7, 11) is 0. The molecule has 0 unspecified atom stereocenters. The van der Waals surface area contributed by atoms with Gasteiger partial charge in [-0.15, -0.1) is 11.6 Å². The average Bonchev–Trinajstić information content (AvgIpc) is 2.26. The number of halogens is 1. The van der Waals surface area contributed by atoms with Crippen molar-refractivity contribution in [1.29, 1.82) is 0 Å². The molecule has 0 fully saturated rings. The fraction of sp³-hybridized carbons (Fsp3) is 0.385. The highest BCUT2D eigenvalue weighted by Gasteiger charge is 2.00. The maximum absolute atomic E-state index is 5.59. The molecule has 1 aromatic carbocycles. The first-order valence-corrected chi connectivity index (χ1v) is 5.84. The lowest BCUT2D eigenvalue weighted by Gasteiger charge is -2.21. The molecule has 15 heavy (non-hydrogen) atoms. The van der Waals surface area contributed by atoms with Gasteiger partial charge in [0.2, 0.25) is 0 Å². The van der Waals surface area contributed by atoms with Gasteiger partial charge in [-0.25, -0.2) is 0 Å². The van der Waals surface area contributed by atoms with Crippen molar-refractivity contribution >= 4 is 17.3 Å². The number of aryl methyl sites for hydroxylation is 1. The highest BCUT2D eigenvalue weighted by Crippen LogP contribution is 2.14. The number of rotatable bonds is 5. The SMILES string of the molecule is CCN(CC=CCCl)c1ccc(C)cc1. The van der Waals surface area contributed by atoms with Gasteiger partial charge in [0.15, 0.2) is 0 Å². The summed E-state index contributed by atoms with van der Waals surface area (Å²) in [6.07, 6.45) is 4.09. The van der Waals surface area contributed by atoms with Crippen LogP contribution in [0.4, 0.5) is 5.69 Å². The second-order valence-electron chi connectivity index (χ2n) is 3.50. The van der Waals surface area contributed by atoms with Crippen LogP contribution in [0.3, 0.4) is 0 Å². The van der Waals surface area contributed by atoms with Crippen molar-refractivity contribution < 1.29 is 0 Å². The molecule has 1 rings (SSSR count). The van der Waals surface area contributed by atoms with E-state index in [-0.39, 0.29) is 0 Å². The molecule has 0 amide bonds. The van der Waals surface area contributed by atoms with Crippen molar-refractivity contribution in [2.45, 2.75) is 13.8 Å². The molecule has 0 N–H and O–H groups in total. The van der Waals surface area contributed by atoms with Gasteiger partial charge < -0.3 is 4.90 Å². The Morgan fingerprint density at radius 1 is 1.20 bits per heavy atom. The van der Waals surface area contributed by atoms with Crippen LogP contribution in [0.5, 0.6) is 0 Å². The molecule has 0 saturated carbocycles. The summed E-state index contributed by atoms with van der Waals surface area (Å²) in [5, 5.41) is 0. The van der Waals surface area contributed by atoms with Crippen LogP contribution in [0.15, 0.2) is 36.4 Å². The molecular weight excluding hydrogens is 206 g/mol. The van der Waals surface area contributed by atoms with E-state index in [0.717, 1.165) is 13.1 Å². The fourth-order valence-corrected chi connectivity index (χ4v) is 1.56. The zero-order valence-electron chi connectivity index (χ0n) is 9.41. The van der Waals surface area contributed by atoms with E-state index < -0.39 is 0 Å². The molecule has 1 nitrogen and oxygen atoms in total. The normalized spacial score (nSPS) is 10.9. The van der Waals surface area contributed by atoms with Crippen molar-refractivity contribution in [3.63, 3.8) is 0 Å². The van der Waals surface area contributed by atoms with Crippen LogP contribution in [-0.4, -0.2) is 19.0 Å². The first-order chi connectivity index (χ1) is 7.27. The van der Waals surface area contributed by atoms with E-state index in [1.54, 1.807) is 0 Å². The number of nitrogens with zero attached hydrogens (tertiary/aromatic N) is 1. The van der Waals surface area contributed by atoms with E-state index in [0.29, 0.717) is 5.88 Å². The van der Waals surface area contributed by atoms with Gasteiger partial charge in [-0.3, -0.25) is 0 Å². The molecule has 0 aliphatic heterocycles. The predicted molar refractivity (Wildman–Crippen MR) is 68.9 cm³/mol. The molecule has 0 aliphatic rings. The number of hydrogen-bond donors (Lipinski definition) is 0. The first-order valence-electron chi connectivity index (χ1n) is 5.30. The molecule has 1 aromatic rings. The smallest absolute Gasteiger partial charge is 0.0404 e. The van der Waals surface area contributed by atoms with Gasteiger partial charge in [0.1, 0.15) is 0 Å². The highest BCUT2D eigenvalue weighted by atomic mass is 35.5. The quantitative estimate of drug-likeness (QED) is 0.545. The summed E-state index contributed by atoms with van der Waals surface area (Å²) in [6.45, 7) is 6.20. The van der Waals surface area contributed by atoms with E-state index in [1.165, 1.54) is 11.3 Å². The number of allylic oxidation sites excluding steroid dienone is 1. The van der Waals surface area contributed by atoms with Crippen molar-refractivity contribution in [3.05, 3.63) is 42.0 Å². The van der Waals surface area contributed by atoms with E-state index in [4.69, 9.17) is 11.6 Å². The molecular formula is C13H18ClN. The third-order valence-electron chi connectivity index (χ3n) is 2.36. The number of likely N-dealkylation sites (N-methyl/N-ethyl adjacent to an activating group) is 1. The third kappa shape index (κ3) is 3.96. The molecule has 0 bridgehead atoms. The zero-order valence-corrected chi connectivity index (χ0v) is 10.2. The number of hydrogen-bond acceptors (Lipinski definition) is 1. The minimum atomic E-state index is 0.589. The summed E-state index contributed by atoms with van der Waals surface area (Å²) in [6, 6.07) is 8.60. The Morgan fingerprint density at radius 3 is 2.40 bits per heavy atom. The standard InChI is InChI=1S/C13H18ClN/c1-3-15(11-5-4-10-14)13-8-6-12(2)7-9-13/h4-9H,3,10-11H2,1-2H3. The monoisotopic (exact) mass is 223 g/mol. The summed E-state index contributed by atoms with van der Waals surface area (Å²) >= 11 is 5.59. The second kappa shape index (κ2) is 6.52. The van der Waals surface area contributed by atoms with Crippen LogP contribution in [0, 0.1) is 6.92 Å². The molecule has 0 aliphatic carbocycles. The molecule has 2 heteroatoms. The number of anilines is 1. The minimum absolute atomic E-state index is 0.589. The molecule has 82 valence electrons. The van der Waals surface area contributed by atoms with Crippen LogP contribution >= 0.6 is 11.6 Å². The second-order valence-corrected chi connectivity index (χ2v) is 3.81. The maximum atomic E-state index is 5.59. The minimum Gasteiger partial charge on any atom is -0.368 e. The molecule has 0 radical (unpaired) electrons. The van der Waals surface area contributed by atoms with Crippen LogP contribution in [-0.2, 0) is 0 Å². The fourth-order valence-electron chi connectivity index (χ4n) is 1.44. The molecule has 0 saturated heterocycles. The van der Waals surface area contributed by atoms with E-state index in [2.05, 4.69) is 49.1 Å². The molecule has 0 aromatic heterocycles. The Morgan fingerprint density at radius 2 is 1.87 bits per heavy atom. The Labute approximate surface area is 97.4 Å². The van der Waals surface area contributed by atoms with Gasteiger partial charge in [-0.2, -0.15) is 0 Å². The van der Waals surface area contributed by atoms with E-state index in [1.807, 2.05) is 6.08 Å². The van der Waals surface area contributed by atoms with Crippen LogP contribution in [0.1, 0.15) is 12.5 Å². The van der Waals surface area contributed by atoms with Gasteiger partial charge in [-0.05, 0) is 26.0 Å². The van der Waals surface area contributed by atoms with Gasteiger partial charge in [0.05, 0.1) is 0 Å². The van der Waals surface area contributed by atoms with Crippen LogP contribution in [0.2, 0.25) is 0 Å². The largest absolute Gasteiger partial charge is 0.368 e. The Balaban J connectivity index is 2.65. The van der Waals surface area contributed by atoms with Crippen molar-refractivity contribution in [1.82, 2.24) is 0 Å². The van der Waals surface area contributed by atoms with Gasteiger partial charge >= 0.3 is 0 Å². The average molecular weight is 224 g/mol. The first kappa shape index (κ1) is 12.1. The molecule has 0 atom stereocenters. The lowest BCUT2D eigenvalue weighted by molar-refractivity contribution is 0.905. The maximum Gasteiger partial charge on any atom is 0.0404 e. The van der Waals surface area contributed by atoms with Gasteiger partial charge in [0, 0.05) is 24.7 Å². The Kier molecular flexibility index (Phi) is 5.27. The van der Waals surface area contributed by atoms with Crippen LogP contribution < -0.4 is 4.90 Å². The van der Waals surface area contributed by atoms with Gasteiger partial charge in [0.25, 0.3) is 0 Å². The van der Waals surface area contributed by atoms with Gasteiger partial charge in [-0.1, -0.05) is 29.8 Å². The van der Waals surface area contributed by atoms with E-state index >= 15 is 0 Å². The zero-order chi connectivity index (χ0) is 11.1. The molecule has 0 heterocycles. The summed E-state index contributed by atoms with van der Waals surface area (Å²) in [4.78, 5) is 2.31. The Bertz CT molecular complexity index is 303. The topological polar surface area (TPSA) is 3.24 Å². The summed E-state index contributed by atoms with van der Waals surface area (Å²) in [5.41, 5.74) is 2.56. The van der Waals surface area contributed by atoms with E-state index in [9.17, 15) is 0 Å². The summed E-state index contributed by atoms with van der Waals surface area (Å²) in [5.74, 6) is 0.589.